The minimum Gasteiger partial charge on any atom is -0.497 e. The number of ether oxygens (including phenoxy) is 1. The average molecular weight is 468 g/mol. The summed E-state index contributed by atoms with van der Waals surface area (Å²) in [5.41, 5.74) is -0.0851. The van der Waals surface area contributed by atoms with Crippen LogP contribution in [0.4, 0.5) is 17.2 Å². The number of aryl methyl sites for hydroxylation is 1. The summed E-state index contributed by atoms with van der Waals surface area (Å²) in [5.74, 6) is 0.171. The maximum atomic E-state index is 12.9. The van der Waals surface area contributed by atoms with Gasteiger partial charge in [0.25, 0.3) is 17.3 Å². The molecule has 0 aliphatic carbocycles. The van der Waals surface area contributed by atoms with Crippen molar-refractivity contribution in [2.45, 2.75) is 13.8 Å². The Kier molecular flexibility index (Phi) is 5.47. The summed E-state index contributed by atoms with van der Waals surface area (Å²) in [6.07, 6.45) is 0. The maximum Gasteiger partial charge on any atom is 0.279 e. The Morgan fingerprint density at radius 1 is 1.09 bits per heavy atom. The van der Waals surface area contributed by atoms with Crippen molar-refractivity contribution in [2.75, 3.05) is 12.4 Å². The van der Waals surface area contributed by atoms with Gasteiger partial charge in [-0.2, -0.15) is 9.78 Å². The summed E-state index contributed by atoms with van der Waals surface area (Å²) >= 11 is 1.32. The molecule has 12 nitrogen and oxygen atoms in total. The Morgan fingerprint density at radius 3 is 2.36 bits per heavy atom. The van der Waals surface area contributed by atoms with Gasteiger partial charge in [-0.05, 0) is 32.0 Å². The molecule has 0 saturated carbocycles. The Balaban J connectivity index is 1.72. The lowest BCUT2D eigenvalue weighted by Crippen LogP contribution is -2.16. The number of carbonyl (C=O) groups excluding carboxylic acids is 1. The van der Waals surface area contributed by atoms with E-state index in [9.17, 15) is 25.0 Å². The molecule has 168 valence electrons. The van der Waals surface area contributed by atoms with E-state index in [1.807, 2.05) is 6.07 Å². The number of nitrogens with one attached hydrogen (secondary N) is 1. The molecule has 4 rings (SSSR count). The summed E-state index contributed by atoms with van der Waals surface area (Å²) in [7, 11) is 1.56. The number of rotatable bonds is 6. The van der Waals surface area contributed by atoms with E-state index in [2.05, 4.69) is 15.4 Å². The molecular weight excluding hydrogens is 452 g/mol. The highest BCUT2D eigenvalue weighted by atomic mass is 32.1. The molecule has 4 aromatic rings. The van der Waals surface area contributed by atoms with Crippen molar-refractivity contribution in [1.82, 2.24) is 14.8 Å². The minimum absolute atomic E-state index is 0.132. The Bertz CT molecular complexity index is 1410. The Labute approximate surface area is 189 Å². The lowest BCUT2D eigenvalue weighted by atomic mass is 10.1. The molecule has 1 amide bonds. The molecule has 0 atom stereocenters. The molecule has 2 aromatic heterocycles. The third kappa shape index (κ3) is 4.08. The van der Waals surface area contributed by atoms with Crippen LogP contribution in [-0.2, 0) is 0 Å². The molecule has 0 aliphatic heterocycles. The van der Waals surface area contributed by atoms with E-state index in [-0.39, 0.29) is 16.9 Å². The molecule has 2 heterocycles. The van der Waals surface area contributed by atoms with Crippen LogP contribution in [0.25, 0.3) is 15.3 Å². The number of anilines is 1. The number of aromatic nitrogens is 3. The summed E-state index contributed by atoms with van der Waals surface area (Å²) in [6.45, 7) is 2.99. The molecule has 0 spiro atoms. The van der Waals surface area contributed by atoms with Crippen molar-refractivity contribution >= 4 is 44.7 Å². The summed E-state index contributed by atoms with van der Waals surface area (Å²) in [4.78, 5) is 38.6. The number of nitro groups is 2. The van der Waals surface area contributed by atoms with Gasteiger partial charge in [-0.15, -0.1) is 0 Å². The third-order valence-corrected chi connectivity index (χ3v) is 5.84. The molecule has 0 aliphatic rings. The SMILES string of the molecule is COc1ccc2nc(-n3nc(C)cc3NC(=O)c3cc([N+](=O)[O-])c(C)c([N+](=O)[O-])c3)sc2c1. The van der Waals surface area contributed by atoms with Crippen LogP contribution in [0.5, 0.6) is 5.75 Å². The van der Waals surface area contributed by atoms with E-state index in [1.54, 1.807) is 32.2 Å². The van der Waals surface area contributed by atoms with Gasteiger partial charge in [0.05, 0.1) is 38.4 Å². The van der Waals surface area contributed by atoms with Gasteiger partial charge in [-0.3, -0.25) is 25.0 Å². The van der Waals surface area contributed by atoms with Gasteiger partial charge >= 0.3 is 0 Å². The molecule has 1 N–H and O–H groups in total. The second-order valence-electron chi connectivity index (χ2n) is 7.02. The average Bonchev–Trinajstić information content (AvgIpc) is 3.35. The molecule has 0 saturated heterocycles. The number of fused-ring (bicyclic) bond motifs is 1. The van der Waals surface area contributed by atoms with E-state index in [4.69, 9.17) is 4.74 Å². The van der Waals surface area contributed by atoms with Gasteiger partial charge < -0.3 is 10.1 Å². The van der Waals surface area contributed by atoms with Crippen LogP contribution < -0.4 is 10.1 Å². The number of methoxy groups -OCH3 is 1. The van der Waals surface area contributed by atoms with Gasteiger partial charge in [0.2, 0.25) is 5.13 Å². The lowest BCUT2D eigenvalue weighted by molar-refractivity contribution is -0.395. The molecule has 0 bridgehead atoms. The van der Waals surface area contributed by atoms with Gasteiger partial charge in [0, 0.05) is 18.2 Å². The smallest absolute Gasteiger partial charge is 0.279 e. The predicted molar refractivity (Wildman–Crippen MR) is 120 cm³/mol. The Hall–Kier alpha value is -4.39. The topological polar surface area (TPSA) is 155 Å². The number of amides is 1. The highest BCUT2D eigenvalue weighted by molar-refractivity contribution is 7.20. The monoisotopic (exact) mass is 468 g/mol. The first-order valence-electron chi connectivity index (χ1n) is 9.44. The van der Waals surface area contributed by atoms with Crippen molar-refractivity contribution in [3.63, 3.8) is 0 Å². The lowest BCUT2D eigenvalue weighted by Gasteiger charge is -2.07. The first-order chi connectivity index (χ1) is 15.7. The molecule has 13 heteroatoms. The van der Waals surface area contributed by atoms with Gasteiger partial charge in [-0.25, -0.2) is 4.98 Å². The van der Waals surface area contributed by atoms with Crippen LogP contribution >= 0.6 is 11.3 Å². The third-order valence-electron chi connectivity index (χ3n) is 4.85. The Morgan fingerprint density at radius 2 is 1.76 bits per heavy atom. The zero-order valence-electron chi connectivity index (χ0n) is 17.6. The van der Waals surface area contributed by atoms with E-state index < -0.39 is 27.1 Å². The highest BCUT2D eigenvalue weighted by Crippen LogP contribution is 2.32. The molecule has 2 aromatic carbocycles. The number of nitrogens with zero attached hydrogens (tertiary/aromatic N) is 5. The van der Waals surface area contributed by atoms with Crippen molar-refractivity contribution in [3.05, 3.63) is 73.4 Å². The normalized spacial score (nSPS) is 10.9. The van der Waals surface area contributed by atoms with Crippen LogP contribution in [0.1, 0.15) is 21.6 Å². The first kappa shape index (κ1) is 21.8. The quantitative estimate of drug-likeness (QED) is 0.326. The molecule has 0 unspecified atom stereocenters. The molecule has 0 radical (unpaired) electrons. The van der Waals surface area contributed by atoms with Crippen molar-refractivity contribution in [1.29, 1.82) is 0 Å². The first-order valence-corrected chi connectivity index (χ1v) is 10.3. The van der Waals surface area contributed by atoms with E-state index in [0.717, 1.165) is 16.8 Å². The number of carbonyl (C=O) groups is 1. The predicted octanol–water partition coefficient (Wildman–Crippen LogP) is 4.18. The standard InChI is InChI=1S/C20H16N6O6S/c1-10-6-18(24(23-10)20-21-14-5-4-13(32-3)9-17(14)33-20)22-19(27)12-7-15(25(28)29)11(2)16(8-12)26(30)31/h4-9H,1-3H3,(H,22,27). The van der Waals surface area contributed by atoms with Crippen molar-refractivity contribution < 1.29 is 19.4 Å². The van der Waals surface area contributed by atoms with Crippen LogP contribution in [0.15, 0.2) is 36.4 Å². The zero-order chi connectivity index (χ0) is 23.9. The van der Waals surface area contributed by atoms with E-state index in [0.29, 0.717) is 22.1 Å². The summed E-state index contributed by atoms with van der Waals surface area (Å²) < 4.78 is 7.51. The molecule has 33 heavy (non-hydrogen) atoms. The van der Waals surface area contributed by atoms with E-state index in [1.165, 1.54) is 22.9 Å². The number of benzene rings is 2. The van der Waals surface area contributed by atoms with Gasteiger partial charge in [0.1, 0.15) is 17.1 Å². The number of nitro benzene ring substituents is 2. The number of hydrogen-bond acceptors (Lipinski definition) is 9. The van der Waals surface area contributed by atoms with E-state index >= 15 is 0 Å². The second-order valence-corrected chi connectivity index (χ2v) is 8.03. The van der Waals surface area contributed by atoms with Crippen LogP contribution in [-0.4, -0.2) is 37.6 Å². The zero-order valence-corrected chi connectivity index (χ0v) is 18.4. The largest absolute Gasteiger partial charge is 0.497 e. The van der Waals surface area contributed by atoms with Crippen molar-refractivity contribution in [3.8, 4) is 10.9 Å². The number of hydrogen-bond donors (Lipinski definition) is 1. The fourth-order valence-corrected chi connectivity index (χ4v) is 4.19. The maximum absolute atomic E-state index is 12.9. The van der Waals surface area contributed by atoms with Crippen LogP contribution in [0.3, 0.4) is 0 Å². The highest BCUT2D eigenvalue weighted by Gasteiger charge is 2.26. The molecule has 0 fully saturated rings. The van der Waals surface area contributed by atoms with Crippen LogP contribution in [0, 0.1) is 34.1 Å². The second kappa shape index (κ2) is 8.27. The van der Waals surface area contributed by atoms with Crippen molar-refractivity contribution in [2.24, 2.45) is 0 Å². The van der Waals surface area contributed by atoms with Gasteiger partial charge in [-0.1, -0.05) is 11.3 Å². The van der Waals surface area contributed by atoms with Gasteiger partial charge in [0.15, 0.2) is 0 Å². The molecular formula is C20H16N6O6S. The summed E-state index contributed by atoms with van der Waals surface area (Å²) in [5, 5.41) is 30.1. The summed E-state index contributed by atoms with van der Waals surface area (Å²) in [6, 6.07) is 9.02. The number of thiazole rings is 1. The fraction of sp³-hybridized carbons (Fsp3) is 0.150. The fourth-order valence-electron chi connectivity index (χ4n) is 3.23. The van der Waals surface area contributed by atoms with Crippen LogP contribution in [0.2, 0.25) is 0 Å². The minimum atomic E-state index is -0.761.